The molecular formula is C30H37N5O2. The summed E-state index contributed by atoms with van der Waals surface area (Å²) in [5.41, 5.74) is 3.86. The van der Waals surface area contributed by atoms with Crippen LogP contribution in [-0.4, -0.2) is 71.6 Å². The number of hydrogen-bond donors (Lipinski definition) is 0. The molecule has 3 aromatic rings. The van der Waals surface area contributed by atoms with Crippen LogP contribution < -0.4 is 9.64 Å². The van der Waals surface area contributed by atoms with Crippen molar-refractivity contribution in [2.45, 2.75) is 39.7 Å². The van der Waals surface area contributed by atoms with Gasteiger partial charge in [-0.15, -0.1) is 0 Å². The number of benzene rings is 2. The van der Waals surface area contributed by atoms with Gasteiger partial charge in [0, 0.05) is 55.8 Å². The van der Waals surface area contributed by atoms with Gasteiger partial charge in [-0.2, -0.15) is 0 Å². The van der Waals surface area contributed by atoms with Crippen molar-refractivity contribution in [3.05, 3.63) is 71.4 Å². The van der Waals surface area contributed by atoms with Gasteiger partial charge in [0.25, 0.3) is 5.91 Å². The number of carbonyl (C=O) groups excluding carboxylic acids is 1. The second-order valence-corrected chi connectivity index (χ2v) is 9.79. The number of likely N-dealkylation sites (N-methyl/N-ethyl adjacent to an activating group) is 1. The Labute approximate surface area is 220 Å². The highest BCUT2D eigenvalue weighted by Gasteiger charge is 2.29. The minimum absolute atomic E-state index is 0.0413. The van der Waals surface area contributed by atoms with Crippen LogP contribution in [-0.2, 0) is 13.0 Å². The van der Waals surface area contributed by atoms with E-state index < -0.39 is 0 Å². The minimum atomic E-state index is 0.0413. The van der Waals surface area contributed by atoms with Crippen molar-refractivity contribution in [1.82, 2.24) is 19.8 Å². The molecule has 5 rings (SSSR count). The van der Waals surface area contributed by atoms with Crippen LogP contribution in [0.1, 0.15) is 48.3 Å². The van der Waals surface area contributed by atoms with Gasteiger partial charge >= 0.3 is 0 Å². The fourth-order valence-corrected chi connectivity index (χ4v) is 5.03. The van der Waals surface area contributed by atoms with Gasteiger partial charge in [-0.05, 0) is 37.2 Å². The molecule has 1 saturated heterocycles. The average Bonchev–Trinajstić information content (AvgIpc) is 2.97. The van der Waals surface area contributed by atoms with Crippen molar-refractivity contribution in [1.29, 1.82) is 0 Å². The van der Waals surface area contributed by atoms with Crippen LogP contribution in [0.15, 0.2) is 54.6 Å². The first-order valence-corrected chi connectivity index (χ1v) is 13.6. The van der Waals surface area contributed by atoms with E-state index in [2.05, 4.69) is 35.8 Å². The van der Waals surface area contributed by atoms with E-state index in [1.165, 1.54) is 0 Å². The summed E-state index contributed by atoms with van der Waals surface area (Å²) < 4.78 is 5.77. The first-order valence-electron chi connectivity index (χ1n) is 13.6. The summed E-state index contributed by atoms with van der Waals surface area (Å²) in [6.45, 7) is 11.2. The molecule has 0 unspecified atom stereocenters. The Kier molecular flexibility index (Phi) is 7.99. The van der Waals surface area contributed by atoms with Crippen LogP contribution in [0.4, 0.5) is 5.82 Å². The minimum Gasteiger partial charge on any atom is -0.494 e. The molecule has 0 N–H and O–H groups in total. The zero-order chi connectivity index (χ0) is 25.6. The van der Waals surface area contributed by atoms with Crippen molar-refractivity contribution in [3.63, 3.8) is 0 Å². The molecule has 0 saturated carbocycles. The third-order valence-corrected chi connectivity index (χ3v) is 7.34. The maximum atomic E-state index is 13.5. The summed E-state index contributed by atoms with van der Waals surface area (Å²) in [4.78, 5) is 30.3. The first kappa shape index (κ1) is 25.2. The third kappa shape index (κ3) is 5.77. The van der Waals surface area contributed by atoms with E-state index in [1.807, 2.05) is 47.4 Å². The highest BCUT2D eigenvalue weighted by Crippen LogP contribution is 2.31. The summed E-state index contributed by atoms with van der Waals surface area (Å²) in [6, 6.07) is 17.7. The van der Waals surface area contributed by atoms with Gasteiger partial charge in [-0.25, -0.2) is 9.97 Å². The van der Waals surface area contributed by atoms with E-state index in [1.54, 1.807) is 0 Å². The van der Waals surface area contributed by atoms with E-state index in [4.69, 9.17) is 14.7 Å². The van der Waals surface area contributed by atoms with E-state index in [0.29, 0.717) is 25.3 Å². The molecule has 7 nitrogen and oxygen atoms in total. The molecule has 37 heavy (non-hydrogen) atoms. The Morgan fingerprint density at radius 1 is 0.919 bits per heavy atom. The van der Waals surface area contributed by atoms with Crippen molar-refractivity contribution >= 4 is 11.7 Å². The predicted molar refractivity (Wildman–Crippen MR) is 147 cm³/mol. The quantitative estimate of drug-likeness (QED) is 0.420. The van der Waals surface area contributed by atoms with Gasteiger partial charge in [0.05, 0.1) is 18.8 Å². The SMILES string of the molecule is CCCCOc1ccc(C(=O)N2CCc3nc(-c4ccccc4)nc(N4CCN(CC)CC4)c3C2)cc1. The van der Waals surface area contributed by atoms with Gasteiger partial charge in [0.15, 0.2) is 5.82 Å². The largest absolute Gasteiger partial charge is 0.494 e. The van der Waals surface area contributed by atoms with Crippen molar-refractivity contribution in [2.75, 3.05) is 50.8 Å². The molecule has 1 amide bonds. The molecule has 194 valence electrons. The van der Waals surface area contributed by atoms with Crippen LogP contribution >= 0.6 is 0 Å². The first-order chi connectivity index (χ1) is 18.2. The second-order valence-electron chi connectivity index (χ2n) is 9.79. The normalized spacial score (nSPS) is 15.9. The Hall–Kier alpha value is -3.45. The lowest BCUT2D eigenvalue weighted by molar-refractivity contribution is 0.0733. The number of anilines is 1. The predicted octanol–water partition coefficient (Wildman–Crippen LogP) is 4.66. The molecule has 0 atom stereocenters. The summed E-state index contributed by atoms with van der Waals surface area (Å²) in [6.07, 6.45) is 2.85. The highest BCUT2D eigenvalue weighted by molar-refractivity contribution is 5.94. The Morgan fingerprint density at radius 3 is 2.38 bits per heavy atom. The Bertz CT molecular complexity index is 1190. The maximum absolute atomic E-state index is 13.5. The Morgan fingerprint density at radius 2 is 1.68 bits per heavy atom. The summed E-state index contributed by atoms with van der Waals surface area (Å²) in [5, 5.41) is 0. The van der Waals surface area contributed by atoms with E-state index >= 15 is 0 Å². The van der Waals surface area contributed by atoms with Crippen LogP contribution in [0.5, 0.6) is 5.75 Å². The third-order valence-electron chi connectivity index (χ3n) is 7.34. The fourth-order valence-electron chi connectivity index (χ4n) is 5.03. The average molecular weight is 500 g/mol. The lowest BCUT2D eigenvalue weighted by atomic mass is 10.0. The molecule has 0 aliphatic carbocycles. The lowest BCUT2D eigenvalue weighted by Crippen LogP contribution is -2.47. The zero-order valence-corrected chi connectivity index (χ0v) is 22.0. The number of rotatable bonds is 8. The van der Waals surface area contributed by atoms with Gasteiger partial charge < -0.3 is 19.4 Å². The highest BCUT2D eigenvalue weighted by atomic mass is 16.5. The number of nitrogens with zero attached hydrogens (tertiary/aromatic N) is 5. The topological polar surface area (TPSA) is 61.8 Å². The number of hydrogen-bond acceptors (Lipinski definition) is 6. The van der Waals surface area contributed by atoms with Crippen LogP contribution in [0.25, 0.3) is 11.4 Å². The molecular weight excluding hydrogens is 462 g/mol. The lowest BCUT2D eigenvalue weighted by Gasteiger charge is -2.38. The molecule has 7 heteroatoms. The van der Waals surface area contributed by atoms with Crippen LogP contribution in [0.3, 0.4) is 0 Å². The Balaban J connectivity index is 1.39. The van der Waals surface area contributed by atoms with E-state index in [9.17, 15) is 4.79 Å². The van der Waals surface area contributed by atoms with Crippen LogP contribution in [0.2, 0.25) is 0 Å². The maximum Gasteiger partial charge on any atom is 0.254 e. The summed E-state index contributed by atoms with van der Waals surface area (Å²) in [7, 11) is 0. The van der Waals surface area contributed by atoms with Gasteiger partial charge in [-0.1, -0.05) is 50.6 Å². The number of aromatic nitrogens is 2. The monoisotopic (exact) mass is 499 g/mol. The van der Waals surface area contributed by atoms with Gasteiger partial charge in [-0.3, -0.25) is 4.79 Å². The summed E-state index contributed by atoms with van der Waals surface area (Å²) in [5.74, 6) is 2.60. The van der Waals surface area contributed by atoms with Gasteiger partial charge in [0.2, 0.25) is 0 Å². The molecule has 1 aromatic heterocycles. The van der Waals surface area contributed by atoms with Gasteiger partial charge in [0.1, 0.15) is 11.6 Å². The standard InChI is InChI=1S/C30H37N5O2/c1-3-5-21-37-25-13-11-24(12-14-25)30(36)35-16-15-27-26(22-35)29(34-19-17-33(4-2)18-20-34)32-28(31-27)23-9-7-6-8-10-23/h6-14H,3-5,15-22H2,1-2H3. The summed E-state index contributed by atoms with van der Waals surface area (Å²) >= 11 is 0. The molecule has 0 radical (unpaired) electrons. The van der Waals surface area contributed by atoms with E-state index in [0.717, 1.165) is 86.2 Å². The number of fused-ring (bicyclic) bond motifs is 1. The number of piperazine rings is 1. The fraction of sp³-hybridized carbons (Fsp3) is 0.433. The molecule has 3 heterocycles. The number of ether oxygens (including phenoxy) is 1. The number of carbonyl (C=O) groups is 1. The molecule has 0 bridgehead atoms. The van der Waals surface area contributed by atoms with E-state index in [-0.39, 0.29) is 5.91 Å². The van der Waals surface area contributed by atoms with Crippen LogP contribution in [0, 0.1) is 0 Å². The second kappa shape index (κ2) is 11.7. The molecule has 2 aromatic carbocycles. The van der Waals surface area contributed by atoms with Crippen molar-refractivity contribution in [3.8, 4) is 17.1 Å². The number of unbranched alkanes of at least 4 members (excludes halogenated alkanes) is 1. The smallest absolute Gasteiger partial charge is 0.254 e. The van der Waals surface area contributed by atoms with Crippen molar-refractivity contribution in [2.24, 2.45) is 0 Å². The van der Waals surface area contributed by atoms with Crippen molar-refractivity contribution < 1.29 is 9.53 Å². The zero-order valence-electron chi connectivity index (χ0n) is 22.0. The molecule has 2 aliphatic heterocycles. The number of amides is 1. The molecule has 1 fully saturated rings. The molecule has 0 spiro atoms. The molecule has 2 aliphatic rings.